The van der Waals surface area contributed by atoms with Gasteiger partial charge in [-0.3, -0.25) is 4.79 Å². The Morgan fingerprint density at radius 3 is 2.69 bits per heavy atom. The summed E-state index contributed by atoms with van der Waals surface area (Å²) in [7, 11) is 1.62. The molecule has 3 rings (SSSR count). The second-order valence-corrected chi connectivity index (χ2v) is 7.52. The summed E-state index contributed by atoms with van der Waals surface area (Å²) in [5.41, 5.74) is 2.86. The van der Waals surface area contributed by atoms with Gasteiger partial charge in [-0.05, 0) is 62.3 Å². The topological polar surface area (TPSA) is 62.8 Å². The molecule has 1 heterocycles. The lowest BCUT2D eigenvalue weighted by Gasteiger charge is -2.21. The number of ether oxygens (including phenoxy) is 2. The molecule has 2 aromatic carbocycles. The standard InChI is InChI=1S/C22H27N3O3S/c1-15-10-11-17(13-18(15)25-12-6-9-21(25)26)24-22(29)23-16(2)14-28-20-8-5-4-7-19(20)27-3/h4-5,7-8,10-11,13,16H,6,9,12,14H2,1-3H3,(H2,23,24,29)/t16-/m1/s1. The van der Waals surface area contributed by atoms with Crippen LogP contribution in [0.1, 0.15) is 25.3 Å². The molecule has 0 bridgehead atoms. The third kappa shape index (κ3) is 5.38. The van der Waals surface area contributed by atoms with Gasteiger partial charge in [-0.15, -0.1) is 0 Å². The first-order valence-corrected chi connectivity index (χ1v) is 10.1. The number of methoxy groups -OCH3 is 1. The van der Waals surface area contributed by atoms with Gasteiger partial charge in [-0.1, -0.05) is 18.2 Å². The van der Waals surface area contributed by atoms with Gasteiger partial charge in [0.1, 0.15) is 6.61 Å². The predicted octanol–water partition coefficient (Wildman–Crippen LogP) is 3.88. The molecule has 0 radical (unpaired) electrons. The summed E-state index contributed by atoms with van der Waals surface area (Å²) < 4.78 is 11.1. The maximum absolute atomic E-state index is 12.1. The molecule has 1 saturated heterocycles. The van der Waals surface area contributed by atoms with E-state index in [0.29, 0.717) is 29.6 Å². The van der Waals surface area contributed by atoms with Crippen LogP contribution < -0.4 is 25.0 Å². The van der Waals surface area contributed by atoms with Crippen LogP contribution in [0.3, 0.4) is 0 Å². The molecule has 1 amide bonds. The molecular weight excluding hydrogens is 386 g/mol. The number of aryl methyl sites for hydroxylation is 1. The van der Waals surface area contributed by atoms with E-state index in [1.54, 1.807) is 7.11 Å². The summed E-state index contributed by atoms with van der Waals surface area (Å²) in [4.78, 5) is 13.9. The van der Waals surface area contributed by atoms with Crippen molar-refractivity contribution in [2.45, 2.75) is 32.7 Å². The SMILES string of the molecule is COc1ccccc1OC[C@@H](C)NC(=S)Nc1ccc(C)c(N2CCCC2=O)c1. The largest absolute Gasteiger partial charge is 0.493 e. The molecule has 2 aromatic rings. The Morgan fingerprint density at radius 2 is 2.00 bits per heavy atom. The van der Waals surface area contributed by atoms with Crippen LogP contribution in [0.5, 0.6) is 11.5 Å². The van der Waals surface area contributed by atoms with Crippen LogP contribution >= 0.6 is 12.2 Å². The van der Waals surface area contributed by atoms with E-state index in [1.165, 1.54) is 0 Å². The second-order valence-electron chi connectivity index (χ2n) is 7.11. The van der Waals surface area contributed by atoms with E-state index in [0.717, 1.165) is 29.9 Å². The molecule has 0 aliphatic carbocycles. The van der Waals surface area contributed by atoms with Crippen molar-refractivity contribution in [3.8, 4) is 11.5 Å². The Bertz CT molecular complexity index is 887. The number of nitrogens with zero attached hydrogens (tertiary/aromatic N) is 1. The van der Waals surface area contributed by atoms with E-state index < -0.39 is 0 Å². The summed E-state index contributed by atoms with van der Waals surface area (Å²) >= 11 is 5.44. The average Bonchev–Trinajstić information content (AvgIpc) is 3.13. The van der Waals surface area contributed by atoms with Crippen LogP contribution in [0.2, 0.25) is 0 Å². The second kappa shape index (κ2) is 9.60. The molecule has 1 aliphatic heterocycles. The van der Waals surface area contributed by atoms with Crippen LogP contribution in [-0.2, 0) is 4.79 Å². The fraction of sp³-hybridized carbons (Fsp3) is 0.364. The van der Waals surface area contributed by atoms with Gasteiger partial charge < -0.3 is 25.0 Å². The molecule has 0 unspecified atom stereocenters. The summed E-state index contributed by atoms with van der Waals surface area (Å²) in [5, 5.41) is 6.93. The normalized spacial score (nSPS) is 14.4. The number of hydrogen-bond acceptors (Lipinski definition) is 4. The van der Waals surface area contributed by atoms with Crippen LogP contribution in [0.15, 0.2) is 42.5 Å². The Morgan fingerprint density at radius 1 is 1.24 bits per heavy atom. The van der Waals surface area contributed by atoms with Crippen LogP contribution in [0.4, 0.5) is 11.4 Å². The molecule has 0 spiro atoms. The van der Waals surface area contributed by atoms with E-state index in [1.807, 2.05) is 61.2 Å². The van der Waals surface area contributed by atoms with Gasteiger partial charge in [-0.2, -0.15) is 0 Å². The van der Waals surface area contributed by atoms with Crippen molar-refractivity contribution in [2.24, 2.45) is 0 Å². The minimum Gasteiger partial charge on any atom is -0.493 e. The maximum atomic E-state index is 12.1. The Balaban J connectivity index is 1.55. The number of carbonyl (C=O) groups excluding carboxylic acids is 1. The zero-order valence-corrected chi connectivity index (χ0v) is 17.8. The first kappa shape index (κ1) is 20.9. The third-order valence-corrected chi connectivity index (χ3v) is 4.99. The summed E-state index contributed by atoms with van der Waals surface area (Å²) in [6.45, 7) is 5.21. The van der Waals surface area contributed by atoms with Gasteiger partial charge in [0.2, 0.25) is 5.91 Å². The van der Waals surface area contributed by atoms with Crippen molar-refractivity contribution >= 4 is 34.6 Å². The highest BCUT2D eigenvalue weighted by Gasteiger charge is 2.23. The first-order chi connectivity index (χ1) is 14.0. The minimum absolute atomic E-state index is 0.00927. The van der Waals surface area contributed by atoms with Gasteiger partial charge in [-0.25, -0.2) is 0 Å². The van der Waals surface area contributed by atoms with Gasteiger partial charge in [0.25, 0.3) is 0 Å². The van der Waals surface area contributed by atoms with E-state index in [4.69, 9.17) is 21.7 Å². The van der Waals surface area contributed by atoms with Crippen LogP contribution in [0, 0.1) is 6.92 Å². The lowest BCUT2D eigenvalue weighted by Crippen LogP contribution is -2.39. The molecule has 0 saturated carbocycles. The number of para-hydroxylation sites is 2. The highest BCUT2D eigenvalue weighted by Crippen LogP contribution is 2.28. The highest BCUT2D eigenvalue weighted by molar-refractivity contribution is 7.80. The van der Waals surface area contributed by atoms with Crippen molar-refractivity contribution in [1.82, 2.24) is 5.32 Å². The van der Waals surface area contributed by atoms with Gasteiger partial charge >= 0.3 is 0 Å². The van der Waals surface area contributed by atoms with Crippen molar-refractivity contribution in [3.05, 3.63) is 48.0 Å². The Hall–Kier alpha value is -2.80. The number of benzene rings is 2. The van der Waals surface area contributed by atoms with E-state index in [9.17, 15) is 4.79 Å². The lowest BCUT2D eigenvalue weighted by molar-refractivity contribution is -0.117. The number of carbonyl (C=O) groups is 1. The van der Waals surface area contributed by atoms with Crippen molar-refractivity contribution < 1.29 is 14.3 Å². The molecule has 1 fully saturated rings. The van der Waals surface area contributed by atoms with E-state index in [-0.39, 0.29) is 11.9 Å². The van der Waals surface area contributed by atoms with Gasteiger partial charge in [0.05, 0.1) is 13.2 Å². The molecule has 7 heteroatoms. The average molecular weight is 414 g/mol. The highest BCUT2D eigenvalue weighted by atomic mass is 32.1. The smallest absolute Gasteiger partial charge is 0.227 e. The van der Waals surface area contributed by atoms with Crippen molar-refractivity contribution in [1.29, 1.82) is 0 Å². The van der Waals surface area contributed by atoms with E-state index in [2.05, 4.69) is 10.6 Å². The predicted molar refractivity (Wildman–Crippen MR) is 120 cm³/mol. The van der Waals surface area contributed by atoms with Gasteiger partial charge in [0.15, 0.2) is 16.6 Å². The Kier molecular flexibility index (Phi) is 6.93. The minimum atomic E-state index is -0.00927. The quantitative estimate of drug-likeness (QED) is 0.672. The molecule has 2 N–H and O–H groups in total. The fourth-order valence-corrected chi connectivity index (χ4v) is 3.59. The number of amides is 1. The molecule has 154 valence electrons. The molecular formula is C22H27N3O3S. The van der Waals surface area contributed by atoms with Crippen LogP contribution in [-0.4, -0.2) is 37.3 Å². The molecule has 0 aromatic heterocycles. The number of anilines is 2. The molecule has 6 nitrogen and oxygen atoms in total. The first-order valence-electron chi connectivity index (χ1n) is 9.72. The molecule has 1 atom stereocenters. The summed E-state index contributed by atoms with van der Waals surface area (Å²) in [6.07, 6.45) is 1.51. The van der Waals surface area contributed by atoms with Gasteiger partial charge in [0, 0.05) is 24.3 Å². The number of nitrogens with one attached hydrogen (secondary N) is 2. The van der Waals surface area contributed by atoms with Crippen molar-refractivity contribution in [2.75, 3.05) is 30.5 Å². The fourth-order valence-electron chi connectivity index (χ4n) is 3.27. The number of rotatable bonds is 7. The summed E-state index contributed by atoms with van der Waals surface area (Å²) in [6, 6.07) is 13.5. The Labute approximate surface area is 177 Å². The monoisotopic (exact) mass is 413 g/mol. The lowest BCUT2D eigenvalue weighted by atomic mass is 10.1. The van der Waals surface area contributed by atoms with Crippen molar-refractivity contribution in [3.63, 3.8) is 0 Å². The van der Waals surface area contributed by atoms with Crippen LogP contribution in [0.25, 0.3) is 0 Å². The zero-order valence-electron chi connectivity index (χ0n) is 17.0. The van der Waals surface area contributed by atoms with E-state index >= 15 is 0 Å². The zero-order chi connectivity index (χ0) is 20.8. The third-order valence-electron chi connectivity index (χ3n) is 4.77. The molecule has 29 heavy (non-hydrogen) atoms. The maximum Gasteiger partial charge on any atom is 0.227 e. The number of thiocarbonyl (C=S) groups is 1. The number of hydrogen-bond donors (Lipinski definition) is 2. The summed E-state index contributed by atoms with van der Waals surface area (Å²) in [5.74, 6) is 1.57. The molecule has 1 aliphatic rings.